The van der Waals surface area contributed by atoms with Gasteiger partial charge in [0.05, 0.1) is 25.4 Å². The summed E-state index contributed by atoms with van der Waals surface area (Å²) in [5.41, 5.74) is 3.41. The molecular weight excluding hydrogens is 390 g/mol. The number of imide groups is 1. The van der Waals surface area contributed by atoms with E-state index in [1.54, 1.807) is 31.4 Å². The Morgan fingerprint density at radius 2 is 1.93 bits per heavy atom. The smallest absolute Gasteiger partial charge is 0.319 e. The van der Waals surface area contributed by atoms with E-state index in [9.17, 15) is 14.4 Å². The van der Waals surface area contributed by atoms with E-state index < -0.39 is 0 Å². The summed E-state index contributed by atoms with van der Waals surface area (Å²) in [6.45, 7) is 4.11. The van der Waals surface area contributed by atoms with E-state index in [-0.39, 0.29) is 35.5 Å². The van der Waals surface area contributed by atoms with E-state index in [1.165, 1.54) is 4.90 Å². The highest BCUT2D eigenvalue weighted by Gasteiger charge is 2.29. The van der Waals surface area contributed by atoms with E-state index >= 15 is 0 Å². The summed E-state index contributed by atoms with van der Waals surface area (Å²) >= 11 is 1.01. The monoisotopic (exact) mass is 413 g/mol. The molecule has 4 amide bonds. The Morgan fingerprint density at radius 3 is 2.55 bits per heavy atom. The minimum Gasteiger partial charge on any atom is -0.496 e. The molecule has 0 spiro atoms. The number of anilines is 1. The molecule has 0 aromatic heterocycles. The van der Waals surface area contributed by atoms with Crippen LogP contribution in [0, 0.1) is 6.92 Å². The molecule has 29 heavy (non-hydrogen) atoms. The zero-order valence-corrected chi connectivity index (χ0v) is 17.3. The third-order valence-electron chi connectivity index (χ3n) is 4.59. The van der Waals surface area contributed by atoms with Gasteiger partial charge >= 0.3 is 6.03 Å². The number of hydrogen-bond acceptors (Lipinski definition) is 5. The molecule has 1 heterocycles. The largest absolute Gasteiger partial charge is 0.496 e. The van der Waals surface area contributed by atoms with E-state index in [2.05, 4.69) is 10.6 Å². The van der Waals surface area contributed by atoms with Gasteiger partial charge < -0.3 is 15.4 Å². The first-order chi connectivity index (χ1) is 13.9. The van der Waals surface area contributed by atoms with Crippen LogP contribution in [0.4, 0.5) is 15.3 Å². The molecule has 3 rings (SSSR count). The van der Waals surface area contributed by atoms with Crippen molar-refractivity contribution in [2.45, 2.75) is 26.4 Å². The van der Waals surface area contributed by atoms with Crippen LogP contribution in [0.25, 0.3) is 0 Å². The summed E-state index contributed by atoms with van der Waals surface area (Å²) < 4.78 is 5.38. The predicted molar refractivity (Wildman–Crippen MR) is 113 cm³/mol. The lowest BCUT2D eigenvalue weighted by Crippen LogP contribution is -2.31. The van der Waals surface area contributed by atoms with Crippen LogP contribution < -0.4 is 15.4 Å². The van der Waals surface area contributed by atoms with E-state index in [4.69, 9.17) is 4.74 Å². The van der Waals surface area contributed by atoms with Crippen molar-refractivity contribution in [3.63, 3.8) is 0 Å². The standard InChI is InChI=1S/C21H23N3O4S/c1-13-4-9-18(28-3)17(10-13)14(2)22-20(26)23-16-7-5-15(6-8-16)11-24-19(25)12-29-21(24)27/h4-10,14H,11-12H2,1-3H3,(H2,22,23,26). The maximum Gasteiger partial charge on any atom is 0.319 e. The molecule has 1 atom stereocenters. The second kappa shape index (κ2) is 9.00. The number of aryl methyl sites for hydroxylation is 1. The number of hydrogen-bond donors (Lipinski definition) is 2. The van der Waals surface area contributed by atoms with Crippen molar-refractivity contribution < 1.29 is 19.1 Å². The van der Waals surface area contributed by atoms with Crippen LogP contribution in [0.1, 0.15) is 29.7 Å². The van der Waals surface area contributed by atoms with Crippen LogP contribution in [0.5, 0.6) is 5.75 Å². The number of thioether (sulfide) groups is 1. The van der Waals surface area contributed by atoms with Crippen LogP contribution in [0.2, 0.25) is 0 Å². The third kappa shape index (κ3) is 5.08. The van der Waals surface area contributed by atoms with Crippen LogP contribution >= 0.6 is 11.8 Å². The maximum absolute atomic E-state index is 12.4. The normalized spacial score (nSPS) is 14.7. The predicted octanol–water partition coefficient (Wildman–Crippen LogP) is 4.08. The number of ether oxygens (including phenoxy) is 1. The number of methoxy groups -OCH3 is 1. The number of urea groups is 1. The van der Waals surface area contributed by atoms with Crippen LogP contribution in [0.15, 0.2) is 42.5 Å². The van der Waals surface area contributed by atoms with Crippen molar-refractivity contribution in [1.82, 2.24) is 10.2 Å². The van der Waals surface area contributed by atoms with Crippen LogP contribution in [0.3, 0.4) is 0 Å². The lowest BCUT2D eigenvalue weighted by Gasteiger charge is -2.18. The summed E-state index contributed by atoms with van der Waals surface area (Å²) in [5, 5.41) is 5.47. The van der Waals surface area contributed by atoms with Crippen LogP contribution in [-0.4, -0.2) is 34.9 Å². The first-order valence-corrected chi connectivity index (χ1v) is 10.1. The second-order valence-electron chi connectivity index (χ2n) is 6.80. The summed E-state index contributed by atoms with van der Waals surface area (Å²) in [6.07, 6.45) is 0. The van der Waals surface area contributed by atoms with Crippen molar-refractivity contribution >= 4 is 34.6 Å². The zero-order valence-electron chi connectivity index (χ0n) is 16.5. The Kier molecular flexibility index (Phi) is 6.43. The molecule has 2 N–H and O–H groups in total. The highest BCUT2D eigenvalue weighted by Crippen LogP contribution is 2.26. The van der Waals surface area contributed by atoms with Crippen molar-refractivity contribution in [2.75, 3.05) is 18.2 Å². The van der Waals surface area contributed by atoms with E-state index in [0.717, 1.165) is 34.2 Å². The Morgan fingerprint density at radius 1 is 1.21 bits per heavy atom. The number of carbonyl (C=O) groups excluding carboxylic acids is 3. The number of nitrogens with one attached hydrogen (secondary N) is 2. The highest BCUT2D eigenvalue weighted by atomic mass is 32.2. The number of nitrogens with zero attached hydrogens (tertiary/aromatic N) is 1. The van der Waals surface area contributed by atoms with E-state index in [1.807, 2.05) is 32.0 Å². The lowest BCUT2D eigenvalue weighted by molar-refractivity contribution is -0.125. The molecule has 0 bridgehead atoms. The van der Waals surface area contributed by atoms with Gasteiger partial charge in [0.1, 0.15) is 5.75 Å². The Balaban J connectivity index is 1.59. The van der Waals surface area contributed by atoms with Gasteiger partial charge in [-0.3, -0.25) is 14.5 Å². The van der Waals surface area contributed by atoms with Gasteiger partial charge in [-0.05, 0) is 37.6 Å². The number of benzene rings is 2. The van der Waals surface area contributed by atoms with Gasteiger partial charge in [0.15, 0.2) is 0 Å². The second-order valence-corrected chi connectivity index (χ2v) is 7.72. The van der Waals surface area contributed by atoms with Gasteiger partial charge in [0.25, 0.3) is 5.24 Å². The van der Waals surface area contributed by atoms with Crippen molar-refractivity contribution in [2.24, 2.45) is 0 Å². The molecule has 0 radical (unpaired) electrons. The molecule has 1 fully saturated rings. The number of rotatable bonds is 6. The molecule has 152 valence electrons. The average molecular weight is 413 g/mol. The Bertz CT molecular complexity index is 914. The first-order valence-electron chi connectivity index (χ1n) is 9.15. The molecular formula is C21H23N3O4S. The van der Waals surface area contributed by atoms with Gasteiger partial charge in [-0.1, -0.05) is 41.6 Å². The summed E-state index contributed by atoms with van der Waals surface area (Å²) in [6, 6.07) is 12.3. The molecule has 0 saturated carbocycles. The topological polar surface area (TPSA) is 87.7 Å². The Labute approximate surface area is 173 Å². The third-order valence-corrected chi connectivity index (χ3v) is 5.45. The maximum atomic E-state index is 12.4. The van der Waals surface area contributed by atoms with E-state index in [0.29, 0.717) is 5.69 Å². The van der Waals surface area contributed by atoms with Gasteiger partial charge in [0.2, 0.25) is 5.91 Å². The average Bonchev–Trinajstić information content (AvgIpc) is 3.01. The molecule has 0 aliphatic carbocycles. The molecule has 1 unspecified atom stereocenters. The zero-order chi connectivity index (χ0) is 21.0. The van der Waals surface area contributed by atoms with Crippen molar-refractivity contribution in [3.05, 3.63) is 59.2 Å². The van der Waals surface area contributed by atoms with Crippen LogP contribution in [-0.2, 0) is 11.3 Å². The molecule has 1 saturated heterocycles. The molecule has 8 heteroatoms. The van der Waals surface area contributed by atoms with Gasteiger partial charge in [0, 0.05) is 11.3 Å². The number of amides is 4. The molecule has 2 aromatic rings. The van der Waals surface area contributed by atoms with Gasteiger partial charge in [-0.2, -0.15) is 0 Å². The quantitative estimate of drug-likeness (QED) is 0.745. The van der Waals surface area contributed by atoms with Gasteiger partial charge in [-0.25, -0.2) is 4.79 Å². The SMILES string of the molecule is COc1ccc(C)cc1C(C)NC(=O)Nc1ccc(CN2C(=O)CSC2=O)cc1. The van der Waals surface area contributed by atoms with Crippen molar-refractivity contribution in [1.29, 1.82) is 0 Å². The first kappa shape index (κ1) is 20.7. The fourth-order valence-corrected chi connectivity index (χ4v) is 3.77. The summed E-state index contributed by atoms with van der Waals surface area (Å²) in [4.78, 5) is 37.0. The summed E-state index contributed by atoms with van der Waals surface area (Å²) in [7, 11) is 1.60. The number of carbonyl (C=O) groups is 3. The minimum absolute atomic E-state index is 0.179. The molecule has 2 aromatic carbocycles. The summed E-state index contributed by atoms with van der Waals surface area (Å²) in [5.74, 6) is 0.738. The molecule has 1 aliphatic rings. The van der Waals surface area contributed by atoms with Gasteiger partial charge in [-0.15, -0.1) is 0 Å². The van der Waals surface area contributed by atoms with Crippen molar-refractivity contribution in [3.8, 4) is 5.75 Å². The minimum atomic E-state index is -0.338. The molecule has 1 aliphatic heterocycles. The fraction of sp³-hybridized carbons (Fsp3) is 0.286. The lowest BCUT2D eigenvalue weighted by atomic mass is 10.0. The highest BCUT2D eigenvalue weighted by molar-refractivity contribution is 8.14. The Hall–Kier alpha value is -3.00. The molecule has 7 nitrogen and oxygen atoms in total. The fourth-order valence-electron chi connectivity index (χ4n) is 3.04.